The lowest BCUT2D eigenvalue weighted by Crippen LogP contribution is -2.30. The van der Waals surface area contributed by atoms with E-state index in [-0.39, 0.29) is 22.7 Å². The smallest absolute Gasteiger partial charge is 0.264 e. The van der Waals surface area contributed by atoms with E-state index in [1.807, 2.05) is 19.9 Å². The Hall–Kier alpha value is -3.06. The fourth-order valence-corrected chi connectivity index (χ4v) is 3.22. The highest BCUT2D eigenvalue weighted by molar-refractivity contribution is 5.98. The first-order chi connectivity index (χ1) is 13.3. The van der Waals surface area contributed by atoms with Gasteiger partial charge in [-0.3, -0.25) is 14.2 Å². The molecule has 0 aliphatic carbocycles. The number of carbonyl (C=O) groups excluding carboxylic acids is 1. The Morgan fingerprint density at radius 1 is 1.25 bits per heavy atom. The van der Waals surface area contributed by atoms with Crippen molar-refractivity contribution in [3.63, 3.8) is 0 Å². The topological polar surface area (TPSA) is 121 Å². The third-order valence-corrected chi connectivity index (χ3v) is 4.64. The zero-order valence-corrected chi connectivity index (χ0v) is 16.7. The molecule has 1 amide bonds. The zero-order chi connectivity index (χ0) is 21.0. The lowest BCUT2D eigenvalue weighted by Gasteiger charge is -2.21. The number of benzene rings is 1. The van der Waals surface area contributed by atoms with Gasteiger partial charge in [0.2, 0.25) is 0 Å². The minimum atomic E-state index is -0.722. The Morgan fingerprint density at radius 2 is 1.93 bits per heavy atom. The van der Waals surface area contributed by atoms with Gasteiger partial charge in [-0.15, -0.1) is 0 Å². The lowest BCUT2D eigenvalue weighted by atomic mass is 9.99. The van der Waals surface area contributed by atoms with E-state index in [2.05, 4.69) is 0 Å². The molecule has 5 N–H and O–H groups in total. The van der Waals surface area contributed by atoms with Gasteiger partial charge in [0.1, 0.15) is 11.6 Å². The molecule has 28 heavy (non-hydrogen) atoms. The zero-order valence-electron chi connectivity index (χ0n) is 16.7. The number of nitrogen functional groups attached to an aromatic ring is 1. The average molecular weight is 385 g/mol. The summed E-state index contributed by atoms with van der Waals surface area (Å²) >= 11 is 0. The molecule has 0 radical (unpaired) electrons. The van der Waals surface area contributed by atoms with Crippen molar-refractivity contribution in [3.8, 4) is 11.4 Å². The summed E-state index contributed by atoms with van der Waals surface area (Å²) in [5.74, 6) is -0.732. The minimum absolute atomic E-state index is 0.0354. The van der Waals surface area contributed by atoms with Gasteiger partial charge in [0, 0.05) is 11.1 Å². The molecule has 0 saturated heterocycles. The molecule has 1 aromatic heterocycles. The summed E-state index contributed by atoms with van der Waals surface area (Å²) in [7, 11) is 0. The van der Waals surface area contributed by atoms with E-state index in [9.17, 15) is 14.7 Å². The minimum Gasteiger partial charge on any atom is -0.508 e. The molecule has 7 heteroatoms. The van der Waals surface area contributed by atoms with Crippen LogP contribution >= 0.6 is 0 Å². The van der Waals surface area contributed by atoms with Gasteiger partial charge in [-0.05, 0) is 43.5 Å². The average Bonchev–Trinajstić information content (AvgIpc) is 2.69. The first kappa shape index (κ1) is 21.2. The number of hydrogen-bond donors (Lipinski definition) is 3. The molecule has 3 rings (SSSR count). The van der Waals surface area contributed by atoms with E-state index >= 15 is 0 Å². The van der Waals surface area contributed by atoms with Gasteiger partial charge in [-0.2, -0.15) is 0 Å². The van der Waals surface area contributed by atoms with Crippen molar-refractivity contribution in [2.45, 2.75) is 34.1 Å². The molecule has 1 aliphatic heterocycles. The number of ether oxygens (including phenoxy) is 1. The van der Waals surface area contributed by atoms with E-state index in [1.54, 1.807) is 26.0 Å². The number of hydrogen-bond acceptors (Lipinski definition) is 5. The van der Waals surface area contributed by atoms with Crippen molar-refractivity contribution in [2.75, 3.05) is 18.9 Å². The first-order valence-electron chi connectivity index (χ1n) is 9.25. The quantitative estimate of drug-likeness (QED) is 0.750. The molecular weight excluding hydrogens is 358 g/mol. The number of pyridine rings is 1. The molecule has 2 heterocycles. The number of aryl methyl sites for hydroxylation is 1. The van der Waals surface area contributed by atoms with Crippen LogP contribution in [0.15, 0.2) is 29.1 Å². The Kier molecular flexibility index (Phi) is 6.64. The number of anilines is 1. The van der Waals surface area contributed by atoms with Crippen LogP contribution in [-0.2, 0) is 4.74 Å². The molecular formula is C21H27N3O4. The molecule has 0 unspecified atom stereocenters. The number of aromatic hydroxyl groups is 1. The predicted octanol–water partition coefficient (Wildman–Crippen LogP) is 2.67. The number of nitrogens with zero attached hydrogens (tertiary/aromatic N) is 1. The summed E-state index contributed by atoms with van der Waals surface area (Å²) in [6.45, 7) is 8.38. The first-order valence-corrected chi connectivity index (χ1v) is 9.25. The number of amides is 1. The molecule has 1 aromatic carbocycles. The molecule has 7 nitrogen and oxygen atoms in total. The highest BCUT2D eigenvalue weighted by atomic mass is 16.5. The third kappa shape index (κ3) is 3.80. The summed E-state index contributed by atoms with van der Waals surface area (Å²) in [6, 6.07) is 4.68. The van der Waals surface area contributed by atoms with E-state index in [0.29, 0.717) is 36.4 Å². The van der Waals surface area contributed by atoms with Crippen LogP contribution in [0.25, 0.3) is 11.3 Å². The van der Waals surface area contributed by atoms with Crippen LogP contribution in [0.2, 0.25) is 0 Å². The van der Waals surface area contributed by atoms with E-state index < -0.39 is 5.91 Å². The fourth-order valence-electron chi connectivity index (χ4n) is 3.22. The van der Waals surface area contributed by atoms with Crippen LogP contribution in [0.3, 0.4) is 0 Å². The predicted molar refractivity (Wildman–Crippen MR) is 111 cm³/mol. The van der Waals surface area contributed by atoms with Crippen LogP contribution < -0.4 is 17.0 Å². The van der Waals surface area contributed by atoms with Crippen LogP contribution in [0.1, 0.15) is 47.3 Å². The normalized spacial score (nSPS) is 13.4. The highest BCUT2D eigenvalue weighted by Crippen LogP contribution is 2.30. The van der Waals surface area contributed by atoms with Gasteiger partial charge in [0.05, 0.1) is 24.5 Å². The summed E-state index contributed by atoms with van der Waals surface area (Å²) in [4.78, 5) is 25.2. The number of carbonyl (C=O) groups is 1. The van der Waals surface area contributed by atoms with Crippen LogP contribution in [0.4, 0.5) is 5.82 Å². The fraction of sp³-hybridized carbons (Fsp3) is 0.333. The number of aromatic nitrogens is 1. The Morgan fingerprint density at radius 3 is 2.50 bits per heavy atom. The van der Waals surface area contributed by atoms with Crippen molar-refractivity contribution in [1.82, 2.24) is 4.57 Å². The lowest BCUT2D eigenvalue weighted by molar-refractivity contribution is 0.100. The second-order valence-corrected chi connectivity index (χ2v) is 6.29. The van der Waals surface area contributed by atoms with Crippen LogP contribution in [0, 0.1) is 13.8 Å². The van der Waals surface area contributed by atoms with Crippen molar-refractivity contribution in [2.24, 2.45) is 5.73 Å². The standard InChI is InChI=1S/C19H21N3O4.C2H6/c1-10-3-4-15(23)11(2)16(10)22-17(20)14(18(21)24)9-13(19(22)25)12-5-7-26-8-6-12;1-2/h3-5,9,23H,6-8,20H2,1-2H3,(H2,21,24);1-2H3. The van der Waals surface area contributed by atoms with Crippen LogP contribution in [-0.4, -0.2) is 28.8 Å². The van der Waals surface area contributed by atoms with E-state index in [1.165, 1.54) is 10.6 Å². The van der Waals surface area contributed by atoms with Gasteiger partial charge in [-0.1, -0.05) is 26.0 Å². The summed E-state index contributed by atoms with van der Waals surface area (Å²) < 4.78 is 6.56. The summed E-state index contributed by atoms with van der Waals surface area (Å²) in [5.41, 5.74) is 14.2. The number of phenols is 1. The number of phenolic OH excluding ortho intramolecular Hbond substituents is 1. The molecule has 2 aromatic rings. The molecule has 0 spiro atoms. The molecule has 0 saturated carbocycles. The van der Waals surface area contributed by atoms with Gasteiger partial charge >= 0.3 is 0 Å². The summed E-state index contributed by atoms with van der Waals surface area (Å²) in [6.07, 6.45) is 2.36. The van der Waals surface area contributed by atoms with Crippen molar-refractivity contribution >= 4 is 17.3 Å². The number of nitrogens with two attached hydrogens (primary N) is 2. The van der Waals surface area contributed by atoms with Crippen molar-refractivity contribution < 1.29 is 14.6 Å². The Labute approximate surface area is 164 Å². The molecule has 1 aliphatic rings. The van der Waals surface area contributed by atoms with Crippen LogP contribution in [0.5, 0.6) is 5.75 Å². The van der Waals surface area contributed by atoms with E-state index in [4.69, 9.17) is 16.2 Å². The molecule has 0 fully saturated rings. The van der Waals surface area contributed by atoms with Gasteiger partial charge < -0.3 is 21.3 Å². The van der Waals surface area contributed by atoms with Gasteiger partial charge in [0.15, 0.2) is 0 Å². The van der Waals surface area contributed by atoms with Gasteiger partial charge in [0.25, 0.3) is 11.5 Å². The monoisotopic (exact) mass is 385 g/mol. The maximum Gasteiger partial charge on any atom is 0.264 e. The number of primary amides is 1. The Bertz CT molecular complexity index is 990. The van der Waals surface area contributed by atoms with Crippen molar-refractivity contribution in [3.05, 3.63) is 56.9 Å². The molecule has 150 valence electrons. The maximum atomic E-state index is 13.2. The largest absolute Gasteiger partial charge is 0.508 e. The second kappa shape index (κ2) is 8.75. The number of rotatable bonds is 3. The van der Waals surface area contributed by atoms with Crippen molar-refractivity contribution in [1.29, 1.82) is 0 Å². The SMILES string of the molecule is CC.Cc1ccc(O)c(C)c1-n1c(N)c(C(N)=O)cc(C2=CCOCC2)c1=O. The molecule has 0 bridgehead atoms. The van der Waals surface area contributed by atoms with Gasteiger partial charge in [-0.25, -0.2) is 0 Å². The highest BCUT2D eigenvalue weighted by Gasteiger charge is 2.22. The molecule has 0 atom stereocenters. The maximum absolute atomic E-state index is 13.2. The Balaban J connectivity index is 0.00000136. The summed E-state index contributed by atoms with van der Waals surface area (Å²) in [5, 5.41) is 10.1. The van der Waals surface area contributed by atoms with E-state index in [0.717, 1.165) is 11.1 Å². The second-order valence-electron chi connectivity index (χ2n) is 6.29. The third-order valence-electron chi connectivity index (χ3n) is 4.64.